The van der Waals surface area contributed by atoms with E-state index in [9.17, 15) is 4.79 Å². The zero-order chi connectivity index (χ0) is 21.7. The summed E-state index contributed by atoms with van der Waals surface area (Å²) in [7, 11) is 0. The van der Waals surface area contributed by atoms with Crippen molar-refractivity contribution in [3.63, 3.8) is 0 Å². The van der Waals surface area contributed by atoms with Crippen LogP contribution in [0.1, 0.15) is 35.3 Å². The predicted octanol–water partition coefficient (Wildman–Crippen LogP) is 5.34. The second-order valence-corrected chi connectivity index (χ2v) is 6.82. The van der Waals surface area contributed by atoms with Crippen molar-refractivity contribution in [2.45, 2.75) is 13.8 Å². The Hall–Kier alpha value is -3.99. The summed E-state index contributed by atoms with van der Waals surface area (Å²) >= 11 is 0. The first-order chi connectivity index (χ1) is 14.4. The Bertz CT molecular complexity index is 1200. The number of carbonyl (C=O) groups excluding carboxylic acids is 1. The second kappa shape index (κ2) is 9.01. The number of fused-ring (bicyclic) bond motifs is 1. The van der Waals surface area contributed by atoms with Crippen molar-refractivity contribution in [3.05, 3.63) is 102 Å². The molecule has 4 aromatic rings. The van der Waals surface area contributed by atoms with E-state index < -0.39 is 5.97 Å². The average Bonchev–Trinajstić information content (AvgIpc) is 3.14. The zero-order valence-electron chi connectivity index (χ0n) is 16.8. The quantitative estimate of drug-likeness (QED) is 0.359. The van der Waals surface area contributed by atoms with Crippen LogP contribution in [0.5, 0.6) is 0 Å². The van der Waals surface area contributed by atoms with Gasteiger partial charge in [0, 0.05) is 46.6 Å². The van der Waals surface area contributed by atoms with Gasteiger partial charge < -0.3 is 15.1 Å². The maximum atomic E-state index is 12.6. The third kappa shape index (κ3) is 4.52. The van der Waals surface area contributed by atoms with Crippen LogP contribution in [0.3, 0.4) is 0 Å². The molecule has 2 N–H and O–H groups in total. The molecule has 0 radical (unpaired) electrons. The molecule has 0 aliphatic rings. The number of para-hydroxylation sites is 1. The highest BCUT2D eigenvalue weighted by Gasteiger charge is 2.12. The summed E-state index contributed by atoms with van der Waals surface area (Å²) < 4.78 is 2.07. The smallest absolute Gasteiger partial charge is 0.300 e. The summed E-state index contributed by atoms with van der Waals surface area (Å²) in [4.78, 5) is 21.6. The van der Waals surface area contributed by atoms with Crippen molar-refractivity contribution in [1.82, 2.24) is 4.57 Å². The minimum absolute atomic E-state index is 0.0190. The Balaban J connectivity index is 0.000000589. The first-order valence-corrected chi connectivity index (χ1v) is 9.44. The van der Waals surface area contributed by atoms with Crippen molar-refractivity contribution in [3.8, 4) is 5.69 Å². The maximum absolute atomic E-state index is 12.6. The van der Waals surface area contributed by atoms with Crippen LogP contribution in [0, 0.1) is 5.41 Å². The zero-order valence-corrected chi connectivity index (χ0v) is 16.8. The van der Waals surface area contributed by atoms with Gasteiger partial charge in [-0.1, -0.05) is 48.5 Å². The molecule has 0 saturated heterocycles. The number of carboxylic acid groups (broad SMARTS) is 1. The van der Waals surface area contributed by atoms with Gasteiger partial charge in [-0.3, -0.25) is 9.59 Å². The highest BCUT2D eigenvalue weighted by Crippen LogP contribution is 2.25. The molecule has 1 heterocycles. The van der Waals surface area contributed by atoms with Crippen molar-refractivity contribution < 1.29 is 14.7 Å². The molecular formula is C25H22N2O3. The molecule has 0 aliphatic heterocycles. The molecule has 0 atom stereocenters. The van der Waals surface area contributed by atoms with Crippen LogP contribution >= 0.6 is 0 Å². The summed E-state index contributed by atoms with van der Waals surface area (Å²) in [5.41, 5.74) is 4.84. The molecule has 0 saturated carbocycles. The van der Waals surface area contributed by atoms with Gasteiger partial charge in [-0.05, 0) is 37.3 Å². The number of aliphatic carboxylic acids is 1. The number of nitrogens with one attached hydrogen (secondary N) is 1. The van der Waals surface area contributed by atoms with E-state index in [0.717, 1.165) is 29.1 Å². The van der Waals surface area contributed by atoms with E-state index in [-0.39, 0.29) is 5.78 Å². The molecule has 5 heteroatoms. The van der Waals surface area contributed by atoms with Crippen LogP contribution in [0.2, 0.25) is 0 Å². The van der Waals surface area contributed by atoms with Crippen molar-refractivity contribution in [1.29, 1.82) is 5.41 Å². The Kier molecular flexibility index (Phi) is 6.23. The Morgan fingerprint density at radius 2 is 1.33 bits per heavy atom. The lowest BCUT2D eigenvalue weighted by molar-refractivity contribution is -0.134. The van der Waals surface area contributed by atoms with Gasteiger partial charge in [0.2, 0.25) is 0 Å². The minimum Gasteiger partial charge on any atom is -0.481 e. The lowest BCUT2D eigenvalue weighted by atomic mass is 10.0. The summed E-state index contributed by atoms with van der Waals surface area (Å²) in [5.74, 6) is -0.814. The minimum atomic E-state index is -0.833. The number of hydrogen-bond acceptors (Lipinski definition) is 3. The van der Waals surface area contributed by atoms with Crippen LogP contribution < -0.4 is 0 Å². The van der Waals surface area contributed by atoms with E-state index >= 15 is 0 Å². The predicted molar refractivity (Wildman–Crippen MR) is 119 cm³/mol. The Morgan fingerprint density at radius 1 is 0.800 bits per heavy atom. The number of rotatable bonds is 4. The molecule has 0 spiro atoms. The second-order valence-electron chi connectivity index (χ2n) is 6.82. The summed E-state index contributed by atoms with van der Waals surface area (Å²) in [6, 6.07) is 25.0. The fourth-order valence-corrected chi connectivity index (χ4v) is 3.22. The van der Waals surface area contributed by atoms with Crippen LogP contribution in [-0.2, 0) is 4.79 Å². The van der Waals surface area contributed by atoms with Crippen LogP contribution in [0.25, 0.3) is 16.6 Å². The van der Waals surface area contributed by atoms with Crippen LogP contribution in [0.15, 0.2) is 85.1 Å². The first-order valence-electron chi connectivity index (χ1n) is 9.44. The molecule has 1 aromatic heterocycles. The largest absolute Gasteiger partial charge is 0.481 e. The van der Waals surface area contributed by atoms with Gasteiger partial charge in [-0.2, -0.15) is 0 Å². The summed E-state index contributed by atoms with van der Waals surface area (Å²) in [5, 5.41) is 16.5. The van der Waals surface area contributed by atoms with Crippen molar-refractivity contribution in [2.75, 3.05) is 0 Å². The van der Waals surface area contributed by atoms with Crippen LogP contribution in [0.4, 0.5) is 0 Å². The van der Waals surface area contributed by atoms with Gasteiger partial charge in [0.1, 0.15) is 0 Å². The van der Waals surface area contributed by atoms with E-state index in [2.05, 4.69) is 4.57 Å². The molecule has 0 bridgehead atoms. The molecule has 0 aliphatic carbocycles. The lowest BCUT2D eigenvalue weighted by Gasteiger charge is -2.07. The summed E-state index contributed by atoms with van der Waals surface area (Å²) in [6.45, 7) is 2.88. The fraction of sp³-hybridized carbons (Fsp3) is 0.0800. The van der Waals surface area contributed by atoms with Gasteiger partial charge in [0.05, 0.1) is 5.52 Å². The molecule has 150 valence electrons. The number of ketones is 1. The monoisotopic (exact) mass is 398 g/mol. The molecule has 0 unspecified atom stereocenters. The highest BCUT2D eigenvalue weighted by molar-refractivity contribution is 6.09. The summed E-state index contributed by atoms with van der Waals surface area (Å²) in [6.07, 6.45) is 1.99. The third-order valence-corrected chi connectivity index (χ3v) is 4.56. The topological polar surface area (TPSA) is 83.2 Å². The van der Waals surface area contributed by atoms with E-state index in [0.29, 0.717) is 16.8 Å². The van der Waals surface area contributed by atoms with Gasteiger partial charge in [-0.25, -0.2) is 0 Å². The van der Waals surface area contributed by atoms with E-state index in [1.54, 1.807) is 6.92 Å². The van der Waals surface area contributed by atoms with Crippen molar-refractivity contribution in [2.24, 2.45) is 0 Å². The SMILES string of the molecule is CC(=N)c1cn(-c2ccc(C(=O)c3ccccc3)cc2)c2ccccc12.CC(=O)O. The highest BCUT2D eigenvalue weighted by atomic mass is 16.4. The van der Waals surface area contributed by atoms with Gasteiger partial charge in [-0.15, -0.1) is 0 Å². The molecule has 30 heavy (non-hydrogen) atoms. The molecular weight excluding hydrogens is 376 g/mol. The molecule has 0 amide bonds. The molecule has 3 aromatic carbocycles. The average molecular weight is 398 g/mol. The van der Waals surface area contributed by atoms with E-state index in [1.165, 1.54) is 0 Å². The van der Waals surface area contributed by atoms with Crippen molar-refractivity contribution >= 4 is 28.4 Å². The first kappa shape index (κ1) is 20.7. The maximum Gasteiger partial charge on any atom is 0.300 e. The molecule has 4 rings (SSSR count). The Morgan fingerprint density at radius 3 is 1.93 bits per heavy atom. The number of carboxylic acids is 1. The number of benzene rings is 3. The van der Waals surface area contributed by atoms with Crippen LogP contribution in [-0.4, -0.2) is 27.1 Å². The number of carbonyl (C=O) groups is 2. The fourth-order valence-electron chi connectivity index (χ4n) is 3.22. The molecule has 0 fully saturated rings. The third-order valence-electron chi connectivity index (χ3n) is 4.56. The van der Waals surface area contributed by atoms with E-state index in [1.807, 2.05) is 85.1 Å². The van der Waals surface area contributed by atoms with Gasteiger partial charge in [0.15, 0.2) is 5.78 Å². The standard InChI is InChI=1S/C23H18N2O.C2H4O2/c1-16(24)21-15-25(22-10-6-5-9-20(21)22)19-13-11-18(12-14-19)23(26)17-7-3-2-4-8-17;1-2(3)4/h2-15,24H,1H3;1H3,(H,3,4). The number of nitrogens with zero attached hydrogens (tertiary/aromatic N) is 1. The van der Waals surface area contributed by atoms with Gasteiger partial charge >= 0.3 is 0 Å². The normalized spacial score (nSPS) is 10.2. The van der Waals surface area contributed by atoms with E-state index in [4.69, 9.17) is 15.3 Å². The molecule has 5 nitrogen and oxygen atoms in total. The lowest BCUT2D eigenvalue weighted by Crippen LogP contribution is -2.01. The number of hydrogen-bond donors (Lipinski definition) is 2. The number of aromatic nitrogens is 1. The van der Waals surface area contributed by atoms with Gasteiger partial charge in [0.25, 0.3) is 5.97 Å². The Labute approximate surface area is 174 Å².